The number of rotatable bonds is 6. The summed E-state index contributed by atoms with van der Waals surface area (Å²) < 4.78 is 13.9. The molecule has 2 aromatic rings. The number of hydrazone groups is 1. The van der Waals surface area contributed by atoms with E-state index in [0.717, 1.165) is 54.9 Å². The number of amides is 1. The van der Waals surface area contributed by atoms with Gasteiger partial charge >= 0.3 is 0 Å². The van der Waals surface area contributed by atoms with E-state index in [1.807, 2.05) is 41.9 Å². The Kier molecular flexibility index (Phi) is 6.67. The number of aromatic nitrogens is 2. The fourth-order valence-corrected chi connectivity index (χ4v) is 4.39. The summed E-state index contributed by atoms with van der Waals surface area (Å²) in [5.41, 5.74) is 3.60. The van der Waals surface area contributed by atoms with Gasteiger partial charge in [-0.3, -0.25) is 9.80 Å². The van der Waals surface area contributed by atoms with Crippen molar-refractivity contribution < 1.29 is 9.18 Å². The van der Waals surface area contributed by atoms with Crippen LogP contribution in [0.5, 0.6) is 0 Å². The van der Waals surface area contributed by atoms with Gasteiger partial charge in [0.15, 0.2) is 0 Å². The van der Waals surface area contributed by atoms with Gasteiger partial charge in [-0.05, 0) is 37.5 Å². The molecule has 0 spiro atoms. The molecule has 2 aliphatic heterocycles. The predicted octanol–water partition coefficient (Wildman–Crippen LogP) is 3.53. The fourth-order valence-electron chi connectivity index (χ4n) is 4.39. The lowest BCUT2D eigenvalue weighted by Gasteiger charge is -2.34. The van der Waals surface area contributed by atoms with E-state index in [-0.39, 0.29) is 17.6 Å². The van der Waals surface area contributed by atoms with Crippen molar-refractivity contribution in [2.45, 2.75) is 38.5 Å². The molecule has 1 aromatic heterocycles. The van der Waals surface area contributed by atoms with Crippen LogP contribution >= 0.6 is 0 Å². The molecule has 0 saturated carbocycles. The number of nitrogens with zero attached hydrogens (tertiary/aromatic N) is 6. The number of hydrogen-bond donors (Lipinski definition) is 0. The van der Waals surface area contributed by atoms with Gasteiger partial charge in [0.25, 0.3) is 0 Å². The smallest absolute Gasteiger partial charge is 0.225 e. The number of halogens is 1. The summed E-state index contributed by atoms with van der Waals surface area (Å²) in [6.07, 6.45) is 5.07. The van der Waals surface area contributed by atoms with E-state index in [1.165, 1.54) is 12.1 Å². The summed E-state index contributed by atoms with van der Waals surface area (Å²) in [6, 6.07) is 6.53. The summed E-state index contributed by atoms with van der Waals surface area (Å²) in [6.45, 7) is 4.96. The lowest BCUT2D eigenvalue weighted by atomic mass is 9.89. The number of piperidine rings is 1. The molecule has 0 bridgehead atoms. The molecule has 0 radical (unpaired) electrons. The zero-order valence-corrected chi connectivity index (χ0v) is 19.1. The molecule has 7 nitrogen and oxygen atoms in total. The molecule has 1 aromatic carbocycles. The lowest BCUT2D eigenvalue weighted by molar-refractivity contribution is -0.132. The van der Waals surface area contributed by atoms with Gasteiger partial charge in [-0.15, -0.1) is 0 Å². The normalized spacial score (nSPS) is 18.6. The Morgan fingerprint density at radius 3 is 2.84 bits per heavy atom. The molecule has 1 fully saturated rings. The first-order valence-electron chi connectivity index (χ1n) is 11.3. The third kappa shape index (κ3) is 5.06. The Morgan fingerprint density at radius 2 is 2.12 bits per heavy atom. The van der Waals surface area contributed by atoms with Crippen LogP contribution < -0.4 is 4.90 Å². The minimum atomic E-state index is -0.287. The van der Waals surface area contributed by atoms with E-state index >= 15 is 0 Å². The average molecular weight is 439 g/mol. The number of likely N-dealkylation sites (tertiary alicyclic amines) is 1. The van der Waals surface area contributed by atoms with Gasteiger partial charge in [-0.25, -0.2) is 14.4 Å². The molecule has 3 heterocycles. The van der Waals surface area contributed by atoms with Crippen molar-refractivity contribution >= 4 is 17.6 Å². The Labute approximate surface area is 188 Å². The van der Waals surface area contributed by atoms with E-state index in [0.29, 0.717) is 25.5 Å². The standard InChI is InChI=1S/C24H31FN6O/c1-17-9-12-31(28-17)13-10-22(32)30-11-5-7-19(16-30)23-21(15-26-24(27-23)29(2)3)18-6-4-8-20(25)14-18/h4,6,8,14-15,19H,5,7,9-13,16H2,1-3H3. The van der Waals surface area contributed by atoms with E-state index in [4.69, 9.17) is 4.98 Å². The predicted molar refractivity (Wildman–Crippen MR) is 124 cm³/mol. The highest BCUT2D eigenvalue weighted by Crippen LogP contribution is 2.34. The second-order valence-corrected chi connectivity index (χ2v) is 8.84. The molecule has 1 atom stereocenters. The van der Waals surface area contributed by atoms with E-state index in [9.17, 15) is 9.18 Å². The third-order valence-electron chi connectivity index (χ3n) is 6.13. The van der Waals surface area contributed by atoms with Crippen LogP contribution in [0, 0.1) is 5.82 Å². The molecule has 8 heteroatoms. The molecule has 1 amide bonds. The minimum Gasteiger partial charge on any atom is -0.347 e. The van der Waals surface area contributed by atoms with Gasteiger partial charge in [0.2, 0.25) is 11.9 Å². The van der Waals surface area contributed by atoms with E-state index in [1.54, 1.807) is 12.3 Å². The Bertz CT molecular complexity index is 1010. The lowest BCUT2D eigenvalue weighted by Crippen LogP contribution is -2.40. The van der Waals surface area contributed by atoms with Gasteiger partial charge < -0.3 is 9.80 Å². The molecule has 1 saturated heterocycles. The summed E-state index contributed by atoms with van der Waals surface area (Å²) in [5, 5.41) is 6.46. The van der Waals surface area contributed by atoms with Crippen LogP contribution in [-0.2, 0) is 4.79 Å². The Hall–Kier alpha value is -3.03. The first-order valence-corrected chi connectivity index (χ1v) is 11.3. The number of carbonyl (C=O) groups excluding carboxylic acids is 1. The van der Waals surface area contributed by atoms with Crippen LogP contribution in [0.3, 0.4) is 0 Å². The number of carbonyl (C=O) groups is 1. The third-order valence-corrected chi connectivity index (χ3v) is 6.13. The van der Waals surface area contributed by atoms with Gasteiger partial charge in [0, 0.05) is 76.5 Å². The highest BCUT2D eigenvalue weighted by molar-refractivity contribution is 5.83. The maximum absolute atomic E-state index is 13.9. The van der Waals surface area contributed by atoms with Crippen molar-refractivity contribution in [1.82, 2.24) is 19.9 Å². The zero-order chi connectivity index (χ0) is 22.7. The molecule has 170 valence electrons. The zero-order valence-electron chi connectivity index (χ0n) is 19.1. The molecule has 2 aliphatic rings. The number of anilines is 1. The molecule has 1 unspecified atom stereocenters. The topological polar surface area (TPSA) is 64.9 Å². The van der Waals surface area contributed by atoms with Crippen molar-refractivity contribution in [2.75, 3.05) is 45.2 Å². The minimum absolute atomic E-state index is 0.0831. The molecule has 0 aliphatic carbocycles. The van der Waals surface area contributed by atoms with E-state index < -0.39 is 0 Å². The number of benzene rings is 1. The molecule has 0 N–H and O–H groups in total. The monoisotopic (exact) mass is 438 g/mol. The summed E-state index contributed by atoms with van der Waals surface area (Å²) >= 11 is 0. The van der Waals surface area contributed by atoms with Crippen molar-refractivity contribution in [3.8, 4) is 11.1 Å². The van der Waals surface area contributed by atoms with Crippen LogP contribution in [0.1, 0.15) is 44.2 Å². The molecule has 4 rings (SSSR count). The average Bonchev–Trinajstić information content (AvgIpc) is 3.22. The maximum atomic E-state index is 13.9. The van der Waals surface area contributed by atoms with Gasteiger partial charge in [-0.1, -0.05) is 12.1 Å². The van der Waals surface area contributed by atoms with Crippen molar-refractivity contribution in [3.63, 3.8) is 0 Å². The Morgan fingerprint density at radius 1 is 1.28 bits per heavy atom. The van der Waals surface area contributed by atoms with Crippen molar-refractivity contribution in [1.29, 1.82) is 0 Å². The first-order chi connectivity index (χ1) is 15.4. The molecular formula is C24H31FN6O. The highest BCUT2D eigenvalue weighted by Gasteiger charge is 2.28. The fraction of sp³-hybridized carbons (Fsp3) is 0.500. The van der Waals surface area contributed by atoms with Crippen molar-refractivity contribution in [2.24, 2.45) is 5.10 Å². The van der Waals surface area contributed by atoms with Crippen LogP contribution in [0.4, 0.5) is 10.3 Å². The second kappa shape index (κ2) is 9.63. The van der Waals surface area contributed by atoms with Crippen LogP contribution in [0.15, 0.2) is 35.6 Å². The highest BCUT2D eigenvalue weighted by atomic mass is 19.1. The van der Waals surface area contributed by atoms with Gasteiger partial charge in [0.1, 0.15) is 5.82 Å². The second-order valence-electron chi connectivity index (χ2n) is 8.84. The van der Waals surface area contributed by atoms with Crippen LogP contribution in [0.25, 0.3) is 11.1 Å². The largest absolute Gasteiger partial charge is 0.347 e. The summed E-state index contributed by atoms with van der Waals surface area (Å²) in [5.74, 6) is 0.569. The van der Waals surface area contributed by atoms with Crippen LogP contribution in [0.2, 0.25) is 0 Å². The Balaban J connectivity index is 1.54. The first kappa shape index (κ1) is 22.2. The summed E-state index contributed by atoms with van der Waals surface area (Å²) in [4.78, 5) is 26.1. The van der Waals surface area contributed by atoms with Crippen molar-refractivity contribution in [3.05, 3.63) is 42.0 Å². The SMILES string of the molecule is CC1=NN(CCC(=O)N2CCCC(c3nc(N(C)C)ncc3-c3cccc(F)c3)C2)CC1. The van der Waals surface area contributed by atoms with Crippen LogP contribution in [-0.4, -0.2) is 71.8 Å². The van der Waals surface area contributed by atoms with Gasteiger partial charge in [0.05, 0.1) is 5.69 Å². The molecule has 32 heavy (non-hydrogen) atoms. The van der Waals surface area contributed by atoms with E-state index in [2.05, 4.69) is 10.1 Å². The summed E-state index contributed by atoms with van der Waals surface area (Å²) in [7, 11) is 3.81. The van der Waals surface area contributed by atoms with Gasteiger partial charge in [-0.2, -0.15) is 5.10 Å². The number of hydrogen-bond acceptors (Lipinski definition) is 6. The maximum Gasteiger partial charge on any atom is 0.225 e. The molecular weight excluding hydrogens is 407 g/mol. The quantitative estimate of drug-likeness (QED) is 0.690.